The summed E-state index contributed by atoms with van der Waals surface area (Å²) in [6.07, 6.45) is 5.23. The van der Waals surface area contributed by atoms with Crippen molar-refractivity contribution in [3.8, 4) is 0 Å². The Labute approximate surface area is 126 Å². The first-order valence-corrected chi connectivity index (χ1v) is 7.42. The number of rotatable bonds is 4. The van der Waals surface area contributed by atoms with Gasteiger partial charge in [0, 0.05) is 18.9 Å². The fourth-order valence-corrected chi connectivity index (χ4v) is 2.36. The lowest BCUT2D eigenvalue weighted by molar-refractivity contribution is 0.00883. The third-order valence-electron chi connectivity index (χ3n) is 3.33. The van der Waals surface area contributed by atoms with Crippen LogP contribution in [0, 0.1) is 0 Å². The van der Waals surface area contributed by atoms with Crippen molar-refractivity contribution >= 4 is 6.09 Å². The van der Waals surface area contributed by atoms with Gasteiger partial charge in [-0.05, 0) is 51.3 Å². The molecular formula is C16H24N2O3. The van der Waals surface area contributed by atoms with Crippen LogP contribution >= 0.6 is 0 Å². The molecule has 0 N–H and O–H groups in total. The first-order valence-electron chi connectivity index (χ1n) is 7.42. The van der Waals surface area contributed by atoms with Crippen LogP contribution in [-0.2, 0) is 16.1 Å². The molecule has 116 valence electrons. The van der Waals surface area contributed by atoms with E-state index in [1.54, 1.807) is 17.3 Å². The summed E-state index contributed by atoms with van der Waals surface area (Å²) < 4.78 is 11.2. The summed E-state index contributed by atoms with van der Waals surface area (Å²) in [7, 11) is 0. The maximum atomic E-state index is 12.1. The lowest BCUT2D eigenvalue weighted by Gasteiger charge is -2.28. The largest absolute Gasteiger partial charge is 0.444 e. The highest BCUT2D eigenvalue weighted by molar-refractivity contribution is 5.68. The van der Waals surface area contributed by atoms with E-state index in [-0.39, 0.29) is 12.1 Å². The summed E-state index contributed by atoms with van der Waals surface area (Å²) in [6.45, 7) is 7.49. The summed E-state index contributed by atoms with van der Waals surface area (Å²) in [5.74, 6) is 0. The zero-order valence-electron chi connectivity index (χ0n) is 13.0. The standard InChI is InChI=1S/C16H24N2O3/c1-16(2,3)21-15(19)18-10-4-5-14(18)12-20-11-13-6-8-17-9-7-13/h6-9,14H,4-5,10-12H2,1-3H3/t14-/m1/s1. The molecule has 1 aromatic rings. The lowest BCUT2D eigenvalue weighted by Crippen LogP contribution is -2.41. The van der Waals surface area contributed by atoms with Gasteiger partial charge in [-0.15, -0.1) is 0 Å². The van der Waals surface area contributed by atoms with Gasteiger partial charge in [-0.2, -0.15) is 0 Å². The van der Waals surface area contributed by atoms with Crippen LogP contribution < -0.4 is 0 Å². The van der Waals surface area contributed by atoms with Crippen molar-refractivity contribution in [2.75, 3.05) is 13.2 Å². The average Bonchev–Trinajstić information content (AvgIpc) is 2.86. The van der Waals surface area contributed by atoms with Gasteiger partial charge in [0.05, 0.1) is 19.3 Å². The molecule has 0 aromatic carbocycles. The molecule has 1 atom stereocenters. The van der Waals surface area contributed by atoms with Crippen LogP contribution in [0.5, 0.6) is 0 Å². The van der Waals surface area contributed by atoms with Crippen LogP contribution in [0.25, 0.3) is 0 Å². The molecule has 1 aromatic heterocycles. The van der Waals surface area contributed by atoms with E-state index >= 15 is 0 Å². The quantitative estimate of drug-likeness (QED) is 0.856. The number of ether oxygens (including phenoxy) is 2. The second-order valence-electron chi connectivity index (χ2n) is 6.34. The predicted molar refractivity (Wildman–Crippen MR) is 79.9 cm³/mol. The highest BCUT2D eigenvalue weighted by Crippen LogP contribution is 2.21. The molecule has 0 spiro atoms. The molecule has 5 heteroatoms. The Morgan fingerprint density at radius 2 is 2.10 bits per heavy atom. The van der Waals surface area contributed by atoms with Crippen molar-refractivity contribution in [2.24, 2.45) is 0 Å². The molecule has 1 amide bonds. The van der Waals surface area contributed by atoms with E-state index < -0.39 is 5.60 Å². The Morgan fingerprint density at radius 1 is 1.38 bits per heavy atom. The Balaban J connectivity index is 1.80. The van der Waals surface area contributed by atoms with Crippen LogP contribution in [0.4, 0.5) is 4.79 Å². The van der Waals surface area contributed by atoms with E-state index in [0.717, 1.165) is 24.9 Å². The van der Waals surface area contributed by atoms with E-state index in [9.17, 15) is 4.79 Å². The van der Waals surface area contributed by atoms with Crippen LogP contribution in [0.3, 0.4) is 0 Å². The Kier molecular flexibility index (Phi) is 5.17. The number of likely N-dealkylation sites (tertiary alicyclic amines) is 1. The highest BCUT2D eigenvalue weighted by atomic mass is 16.6. The lowest BCUT2D eigenvalue weighted by atomic mass is 10.2. The third kappa shape index (κ3) is 5.01. The SMILES string of the molecule is CC(C)(C)OC(=O)N1CCC[C@@H]1COCc1ccncc1. The van der Waals surface area contributed by atoms with Crippen molar-refractivity contribution in [1.29, 1.82) is 0 Å². The number of carbonyl (C=O) groups is 1. The van der Waals surface area contributed by atoms with Crippen LogP contribution in [-0.4, -0.2) is 40.8 Å². The fraction of sp³-hybridized carbons (Fsp3) is 0.625. The molecule has 1 aliphatic rings. The Morgan fingerprint density at radius 3 is 2.76 bits per heavy atom. The van der Waals surface area contributed by atoms with Crippen LogP contribution in [0.15, 0.2) is 24.5 Å². The third-order valence-corrected chi connectivity index (χ3v) is 3.33. The van der Waals surface area contributed by atoms with E-state index in [4.69, 9.17) is 9.47 Å². The number of hydrogen-bond donors (Lipinski definition) is 0. The minimum Gasteiger partial charge on any atom is -0.444 e. The van der Waals surface area contributed by atoms with E-state index in [1.807, 2.05) is 32.9 Å². The molecule has 0 aliphatic carbocycles. The molecule has 2 rings (SSSR count). The van der Waals surface area contributed by atoms with Crippen molar-refractivity contribution in [3.05, 3.63) is 30.1 Å². The van der Waals surface area contributed by atoms with E-state index in [0.29, 0.717) is 13.2 Å². The summed E-state index contributed by atoms with van der Waals surface area (Å²) in [5, 5.41) is 0. The van der Waals surface area contributed by atoms with Gasteiger partial charge < -0.3 is 14.4 Å². The summed E-state index contributed by atoms with van der Waals surface area (Å²) in [4.78, 5) is 17.9. The maximum Gasteiger partial charge on any atom is 0.410 e. The molecule has 1 saturated heterocycles. The molecule has 0 bridgehead atoms. The zero-order valence-corrected chi connectivity index (χ0v) is 13.0. The van der Waals surface area contributed by atoms with Gasteiger partial charge in [0.1, 0.15) is 5.60 Å². The van der Waals surface area contributed by atoms with Gasteiger partial charge in [0.25, 0.3) is 0 Å². The molecular weight excluding hydrogens is 268 g/mol. The van der Waals surface area contributed by atoms with Crippen molar-refractivity contribution in [1.82, 2.24) is 9.88 Å². The number of nitrogens with zero attached hydrogens (tertiary/aromatic N) is 2. The van der Waals surface area contributed by atoms with E-state index in [1.165, 1.54) is 0 Å². The topological polar surface area (TPSA) is 51.7 Å². The van der Waals surface area contributed by atoms with Crippen LogP contribution in [0.2, 0.25) is 0 Å². The predicted octanol–water partition coefficient (Wildman–Crippen LogP) is 3.00. The zero-order chi connectivity index (χ0) is 15.3. The smallest absolute Gasteiger partial charge is 0.410 e. The Bertz CT molecular complexity index is 456. The average molecular weight is 292 g/mol. The second kappa shape index (κ2) is 6.89. The molecule has 0 unspecified atom stereocenters. The molecule has 0 saturated carbocycles. The van der Waals surface area contributed by atoms with Gasteiger partial charge in [-0.1, -0.05) is 0 Å². The van der Waals surface area contributed by atoms with Crippen molar-refractivity contribution < 1.29 is 14.3 Å². The van der Waals surface area contributed by atoms with Gasteiger partial charge in [-0.25, -0.2) is 4.79 Å². The summed E-state index contributed by atoms with van der Waals surface area (Å²) in [5.41, 5.74) is 0.633. The van der Waals surface area contributed by atoms with Gasteiger partial charge in [0.2, 0.25) is 0 Å². The van der Waals surface area contributed by atoms with E-state index in [2.05, 4.69) is 4.98 Å². The summed E-state index contributed by atoms with van der Waals surface area (Å²) in [6, 6.07) is 3.97. The molecule has 0 radical (unpaired) electrons. The summed E-state index contributed by atoms with van der Waals surface area (Å²) >= 11 is 0. The molecule has 21 heavy (non-hydrogen) atoms. The highest BCUT2D eigenvalue weighted by Gasteiger charge is 2.32. The minimum absolute atomic E-state index is 0.113. The first-order chi connectivity index (χ1) is 9.96. The molecule has 5 nitrogen and oxygen atoms in total. The van der Waals surface area contributed by atoms with Gasteiger partial charge in [-0.3, -0.25) is 4.98 Å². The maximum absolute atomic E-state index is 12.1. The second-order valence-corrected chi connectivity index (χ2v) is 6.34. The number of amides is 1. The number of pyridine rings is 1. The van der Waals surface area contributed by atoms with Crippen LogP contribution in [0.1, 0.15) is 39.2 Å². The fourth-order valence-electron chi connectivity index (χ4n) is 2.36. The Hall–Kier alpha value is -1.62. The monoisotopic (exact) mass is 292 g/mol. The normalized spacial score (nSPS) is 18.8. The molecule has 1 fully saturated rings. The minimum atomic E-state index is -0.456. The molecule has 1 aliphatic heterocycles. The van der Waals surface area contributed by atoms with Gasteiger partial charge in [0.15, 0.2) is 0 Å². The van der Waals surface area contributed by atoms with Gasteiger partial charge >= 0.3 is 6.09 Å². The number of aromatic nitrogens is 1. The van der Waals surface area contributed by atoms with Crippen molar-refractivity contribution in [2.45, 2.75) is 51.9 Å². The first kappa shape index (κ1) is 15.8. The molecule has 2 heterocycles. The number of hydrogen-bond acceptors (Lipinski definition) is 4. The number of carbonyl (C=O) groups excluding carboxylic acids is 1. The van der Waals surface area contributed by atoms with Crippen molar-refractivity contribution in [3.63, 3.8) is 0 Å².